The number of hydrogen-bond donors (Lipinski definition) is 1. The van der Waals surface area contributed by atoms with Crippen molar-refractivity contribution in [3.05, 3.63) is 52.6 Å². The molecule has 6 rings (SSSR count). The molecule has 0 radical (unpaired) electrons. The lowest BCUT2D eigenvalue weighted by atomic mass is 9.76. The topological polar surface area (TPSA) is 77.5 Å². The first kappa shape index (κ1) is 14.9. The number of rotatable bonds is 0. The van der Waals surface area contributed by atoms with Gasteiger partial charge in [0.2, 0.25) is 13.6 Å². The van der Waals surface area contributed by atoms with E-state index in [9.17, 15) is 9.90 Å². The van der Waals surface area contributed by atoms with Crippen molar-refractivity contribution in [1.82, 2.24) is 4.90 Å². The highest BCUT2D eigenvalue weighted by Crippen LogP contribution is 2.55. The summed E-state index contributed by atoms with van der Waals surface area (Å²) >= 11 is 0. The van der Waals surface area contributed by atoms with Gasteiger partial charge in [-0.1, -0.05) is 18.2 Å². The summed E-state index contributed by atoms with van der Waals surface area (Å²) in [6, 6.07) is 7.20. The number of aliphatic hydroxyl groups excluding tert-OH is 1. The number of nitrogens with zero attached hydrogens (tertiary/aromatic N) is 1. The molecule has 0 unspecified atom stereocenters. The molecule has 2 aromatic carbocycles. The van der Waals surface area contributed by atoms with Gasteiger partial charge in [0.05, 0.1) is 5.56 Å². The molecular weight excluding hydrogens is 350 g/mol. The highest BCUT2D eigenvalue weighted by Gasteiger charge is 2.54. The van der Waals surface area contributed by atoms with Gasteiger partial charge in [-0.05, 0) is 29.3 Å². The third-order valence-corrected chi connectivity index (χ3v) is 5.85. The SMILES string of the molecule is CN1C(=O)c2c(ccc3c2OCO3)[C@@H](O)[C@]12C=Cc1cc3c(cc12)OCO3. The van der Waals surface area contributed by atoms with Gasteiger partial charge in [-0.15, -0.1) is 0 Å². The second kappa shape index (κ2) is 4.75. The summed E-state index contributed by atoms with van der Waals surface area (Å²) < 4.78 is 21.9. The van der Waals surface area contributed by atoms with E-state index in [4.69, 9.17) is 18.9 Å². The highest BCUT2D eigenvalue weighted by molar-refractivity contribution is 6.02. The lowest BCUT2D eigenvalue weighted by molar-refractivity contribution is 0.000556. The highest BCUT2D eigenvalue weighted by atomic mass is 16.7. The molecule has 7 heteroatoms. The number of likely N-dealkylation sites (N-methyl/N-ethyl adjacent to an activating group) is 1. The van der Waals surface area contributed by atoms with E-state index in [-0.39, 0.29) is 19.5 Å². The van der Waals surface area contributed by atoms with E-state index in [2.05, 4.69) is 0 Å². The Bertz CT molecular complexity index is 1060. The smallest absolute Gasteiger partial charge is 0.258 e. The molecule has 0 saturated carbocycles. The van der Waals surface area contributed by atoms with Crippen molar-refractivity contribution < 1.29 is 28.8 Å². The second-order valence-corrected chi connectivity index (χ2v) is 6.98. The Morgan fingerprint density at radius 2 is 1.81 bits per heavy atom. The molecule has 136 valence electrons. The van der Waals surface area contributed by atoms with Crippen molar-refractivity contribution in [2.45, 2.75) is 11.6 Å². The van der Waals surface area contributed by atoms with Gasteiger partial charge in [-0.3, -0.25) is 4.79 Å². The number of benzene rings is 2. The van der Waals surface area contributed by atoms with Crippen LogP contribution >= 0.6 is 0 Å². The third kappa shape index (κ3) is 1.63. The normalized spacial score (nSPS) is 25.9. The van der Waals surface area contributed by atoms with E-state index in [1.807, 2.05) is 24.3 Å². The van der Waals surface area contributed by atoms with Crippen LogP contribution in [0.2, 0.25) is 0 Å². The van der Waals surface area contributed by atoms with Crippen LogP contribution in [0, 0.1) is 0 Å². The Kier molecular flexibility index (Phi) is 2.62. The van der Waals surface area contributed by atoms with Gasteiger partial charge in [0.1, 0.15) is 11.6 Å². The first-order chi connectivity index (χ1) is 13.1. The van der Waals surface area contributed by atoms with Crippen LogP contribution in [0.4, 0.5) is 0 Å². The van der Waals surface area contributed by atoms with Crippen molar-refractivity contribution in [2.24, 2.45) is 0 Å². The molecule has 0 aromatic heterocycles. The first-order valence-corrected chi connectivity index (χ1v) is 8.63. The molecule has 1 amide bonds. The quantitative estimate of drug-likeness (QED) is 0.771. The maximum Gasteiger partial charge on any atom is 0.258 e. The molecule has 3 aliphatic heterocycles. The zero-order chi connectivity index (χ0) is 18.3. The minimum absolute atomic E-state index is 0.0657. The van der Waals surface area contributed by atoms with Crippen molar-refractivity contribution in [3.8, 4) is 23.0 Å². The molecule has 4 aliphatic rings. The summed E-state index contributed by atoms with van der Waals surface area (Å²) in [5.74, 6) is 1.96. The monoisotopic (exact) mass is 365 g/mol. The van der Waals surface area contributed by atoms with Crippen molar-refractivity contribution in [2.75, 3.05) is 20.6 Å². The third-order valence-electron chi connectivity index (χ3n) is 5.85. The largest absolute Gasteiger partial charge is 0.454 e. The maximum atomic E-state index is 13.3. The van der Waals surface area contributed by atoms with Crippen LogP contribution in [-0.4, -0.2) is 36.5 Å². The van der Waals surface area contributed by atoms with E-state index in [0.717, 1.165) is 11.1 Å². The zero-order valence-electron chi connectivity index (χ0n) is 14.4. The molecular formula is C20H15NO6. The van der Waals surface area contributed by atoms with Gasteiger partial charge in [-0.25, -0.2) is 0 Å². The standard InChI is InChI=1S/C20H15NO6/c1-21-19(23)16-11(2-3-13-17(16)27-9-24-13)18(22)20(21)5-4-10-6-14-15(7-12(10)20)26-8-25-14/h2-7,18,22H,8-9H2,1H3/t18-,20-/m1/s1. The van der Waals surface area contributed by atoms with Crippen LogP contribution in [0.1, 0.15) is 33.2 Å². The zero-order valence-corrected chi connectivity index (χ0v) is 14.4. The van der Waals surface area contributed by atoms with Crippen LogP contribution in [0.15, 0.2) is 30.3 Å². The van der Waals surface area contributed by atoms with Gasteiger partial charge < -0.3 is 29.0 Å². The number of fused-ring (bicyclic) bond motifs is 6. The van der Waals surface area contributed by atoms with Crippen LogP contribution < -0.4 is 18.9 Å². The second-order valence-electron chi connectivity index (χ2n) is 6.98. The average molecular weight is 365 g/mol. The van der Waals surface area contributed by atoms with Crippen LogP contribution in [0.5, 0.6) is 23.0 Å². The molecule has 2 atom stereocenters. The molecule has 7 nitrogen and oxygen atoms in total. The summed E-state index contributed by atoms with van der Waals surface area (Å²) in [4.78, 5) is 14.9. The minimum atomic E-state index is -1.02. The van der Waals surface area contributed by atoms with Gasteiger partial charge in [-0.2, -0.15) is 0 Å². The van der Waals surface area contributed by atoms with E-state index in [1.54, 1.807) is 24.1 Å². The molecule has 1 spiro atoms. The van der Waals surface area contributed by atoms with E-state index in [0.29, 0.717) is 34.1 Å². The Hall–Kier alpha value is -3.19. The van der Waals surface area contributed by atoms with Gasteiger partial charge in [0.15, 0.2) is 23.0 Å². The molecule has 1 aliphatic carbocycles. The molecule has 1 N–H and O–H groups in total. The molecule has 27 heavy (non-hydrogen) atoms. The van der Waals surface area contributed by atoms with Crippen molar-refractivity contribution in [1.29, 1.82) is 0 Å². The fourth-order valence-electron chi connectivity index (χ4n) is 4.47. The predicted molar refractivity (Wildman–Crippen MR) is 92.9 cm³/mol. The molecule has 2 aromatic rings. The number of carbonyl (C=O) groups is 1. The van der Waals surface area contributed by atoms with Gasteiger partial charge >= 0.3 is 0 Å². The van der Waals surface area contributed by atoms with Crippen LogP contribution in [0.25, 0.3) is 6.08 Å². The fourth-order valence-corrected chi connectivity index (χ4v) is 4.47. The Balaban J connectivity index is 1.59. The first-order valence-electron chi connectivity index (χ1n) is 8.63. The maximum absolute atomic E-state index is 13.3. The molecule has 3 heterocycles. The van der Waals surface area contributed by atoms with E-state index in [1.165, 1.54) is 0 Å². The summed E-state index contributed by atoms with van der Waals surface area (Å²) in [6.07, 6.45) is 2.80. The van der Waals surface area contributed by atoms with E-state index < -0.39 is 11.6 Å². The number of hydrogen-bond acceptors (Lipinski definition) is 6. The predicted octanol–water partition coefficient (Wildman–Crippen LogP) is 2.19. The number of carbonyl (C=O) groups excluding carboxylic acids is 1. The number of ether oxygens (including phenoxy) is 4. The number of amides is 1. The van der Waals surface area contributed by atoms with Gasteiger partial charge in [0, 0.05) is 12.6 Å². The van der Waals surface area contributed by atoms with E-state index >= 15 is 0 Å². The fraction of sp³-hybridized carbons (Fsp3) is 0.250. The Labute approximate surface area is 154 Å². The summed E-state index contributed by atoms with van der Waals surface area (Å²) in [6.45, 7) is 0.231. The Morgan fingerprint density at radius 1 is 1.07 bits per heavy atom. The summed E-state index contributed by atoms with van der Waals surface area (Å²) in [5.41, 5.74) is 1.56. The lowest BCUT2D eigenvalue weighted by Gasteiger charge is -2.46. The molecule has 0 saturated heterocycles. The molecule has 0 fully saturated rings. The van der Waals surface area contributed by atoms with Crippen molar-refractivity contribution in [3.63, 3.8) is 0 Å². The van der Waals surface area contributed by atoms with Gasteiger partial charge in [0.25, 0.3) is 5.91 Å². The lowest BCUT2D eigenvalue weighted by Crippen LogP contribution is -2.53. The number of aliphatic hydroxyl groups is 1. The van der Waals surface area contributed by atoms with Crippen molar-refractivity contribution >= 4 is 12.0 Å². The molecule has 0 bridgehead atoms. The Morgan fingerprint density at radius 3 is 2.67 bits per heavy atom. The summed E-state index contributed by atoms with van der Waals surface area (Å²) in [5, 5.41) is 11.4. The average Bonchev–Trinajstić information content (AvgIpc) is 3.40. The summed E-state index contributed by atoms with van der Waals surface area (Å²) in [7, 11) is 1.69. The van der Waals surface area contributed by atoms with Crippen LogP contribution in [-0.2, 0) is 5.54 Å². The minimum Gasteiger partial charge on any atom is -0.454 e. The van der Waals surface area contributed by atoms with Crippen LogP contribution in [0.3, 0.4) is 0 Å².